The van der Waals surface area contributed by atoms with Gasteiger partial charge in [-0.1, -0.05) is 12.8 Å². The van der Waals surface area contributed by atoms with Crippen molar-refractivity contribution in [3.63, 3.8) is 0 Å². The summed E-state index contributed by atoms with van der Waals surface area (Å²) in [5, 5.41) is 7.36. The zero-order valence-electron chi connectivity index (χ0n) is 9.99. The molecule has 18 heavy (non-hydrogen) atoms. The first-order valence-corrected chi connectivity index (χ1v) is 7.01. The average Bonchev–Trinajstić information content (AvgIpc) is 3.01. The van der Waals surface area contributed by atoms with E-state index < -0.39 is 0 Å². The highest BCUT2D eigenvalue weighted by Gasteiger charge is 2.20. The van der Waals surface area contributed by atoms with Crippen LogP contribution in [0.5, 0.6) is 0 Å². The lowest BCUT2D eigenvalue weighted by Gasteiger charge is -2.02. The largest absolute Gasteiger partial charge is 0.398 e. The third-order valence-corrected chi connectivity index (χ3v) is 4.22. The van der Waals surface area contributed by atoms with Gasteiger partial charge in [-0.05, 0) is 47.0 Å². The van der Waals surface area contributed by atoms with Gasteiger partial charge in [0, 0.05) is 21.6 Å². The first-order valence-electron chi connectivity index (χ1n) is 6.22. The molecule has 4 nitrogen and oxygen atoms in total. The highest BCUT2D eigenvalue weighted by atomic mass is 79.9. The number of hydrogen-bond donors (Lipinski definition) is 2. The topological polar surface area (TPSA) is 67.6 Å². The minimum atomic E-state index is 0.555. The number of H-pyrrole nitrogens is 1. The normalized spacial score (nSPS) is 16.3. The van der Waals surface area contributed by atoms with Crippen LogP contribution in [0.15, 0.2) is 22.7 Å². The molecular weight excluding hydrogens is 292 g/mol. The molecule has 1 aliphatic carbocycles. The maximum absolute atomic E-state index is 5.87. The number of benzene rings is 1. The maximum atomic E-state index is 5.87. The third-order valence-electron chi connectivity index (χ3n) is 3.50. The Hall–Kier alpha value is -1.36. The molecule has 1 saturated carbocycles. The quantitative estimate of drug-likeness (QED) is 0.835. The Morgan fingerprint density at radius 2 is 2.06 bits per heavy atom. The molecule has 1 aliphatic rings. The number of aromatic nitrogens is 3. The van der Waals surface area contributed by atoms with Crippen LogP contribution in [0.3, 0.4) is 0 Å². The first-order chi connectivity index (χ1) is 8.74. The molecular formula is C13H15BrN4. The van der Waals surface area contributed by atoms with Crippen molar-refractivity contribution in [2.75, 3.05) is 5.73 Å². The van der Waals surface area contributed by atoms with E-state index >= 15 is 0 Å². The molecule has 0 atom stereocenters. The summed E-state index contributed by atoms with van der Waals surface area (Å²) in [6, 6.07) is 5.80. The third kappa shape index (κ3) is 2.14. The number of anilines is 1. The van der Waals surface area contributed by atoms with Crippen molar-refractivity contribution < 1.29 is 0 Å². The number of rotatable bonds is 2. The van der Waals surface area contributed by atoms with Crippen LogP contribution in [-0.4, -0.2) is 15.2 Å². The van der Waals surface area contributed by atoms with E-state index in [1.807, 2.05) is 18.2 Å². The van der Waals surface area contributed by atoms with E-state index in [0.29, 0.717) is 11.6 Å². The fourth-order valence-corrected chi connectivity index (χ4v) is 2.71. The van der Waals surface area contributed by atoms with E-state index in [-0.39, 0.29) is 0 Å². The predicted octanol–water partition coefficient (Wildman–Crippen LogP) is 3.47. The summed E-state index contributed by atoms with van der Waals surface area (Å²) in [4.78, 5) is 4.60. The molecule has 1 aromatic heterocycles. The molecule has 0 bridgehead atoms. The van der Waals surface area contributed by atoms with Gasteiger partial charge in [0.1, 0.15) is 5.82 Å². The van der Waals surface area contributed by atoms with Crippen LogP contribution in [0, 0.1) is 0 Å². The van der Waals surface area contributed by atoms with Crippen LogP contribution in [0.2, 0.25) is 0 Å². The molecule has 2 aromatic rings. The molecule has 1 aromatic carbocycles. The number of nitrogens with two attached hydrogens (primary N) is 1. The molecule has 94 valence electrons. The van der Waals surface area contributed by atoms with Crippen LogP contribution in [0.25, 0.3) is 11.4 Å². The van der Waals surface area contributed by atoms with Crippen LogP contribution in [-0.2, 0) is 0 Å². The summed E-state index contributed by atoms with van der Waals surface area (Å²) in [7, 11) is 0. The van der Waals surface area contributed by atoms with Crippen LogP contribution < -0.4 is 5.73 Å². The van der Waals surface area contributed by atoms with Crippen molar-refractivity contribution >= 4 is 21.6 Å². The molecule has 5 heteroatoms. The second kappa shape index (κ2) is 4.72. The minimum Gasteiger partial charge on any atom is -0.398 e. The molecule has 1 fully saturated rings. The number of nitrogens with one attached hydrogen (secondary N) is 1. The van der Waals surface area contributed by atoms with E-state index in [1.54, 1.807) is 0 Å². The number of halogens is 1. The van der Waals surface area contributed by atoms with Gasteiger partial charge in [-0.25, -0.2) is 4.98 Å². The van der Waals surface area contributed by atoms with Crippen molar-refractivity contribution in [1.82, 2.24) is 15.2 Å². The fourth-order valence-electron chi connectivity index (χ4n) is 2.47. The summed E-state index contributed by atoms with van der Waals surface area (Å²) in [5.74, 6) is 2.30. The summed E-state index contributed by atoms with van der Waals surface area (Å²) >= 11 is 3.39. The Morgan fingerprint density at radius 3 is 2.78 bits per heavy atom. The standard InChI is InChI=1S/C13H15BrN4/c14-10-6-5-9(7-11(10)15)13-16-12(17-18-13)8-3-1-2-4-8/h5-8H,1-4,15H2,(H,16,17,18). The summed E-state index contributed by atoms with van der Waals surface area (Å²) in [6.45, 7) is 0. The molecule has 0 aliphatic heterocycles. The Labute approximate surface area is 114 Å². The fraction of sp³-hybridized carbons (Fsp3) is 0.385. The Balaban J connectivity index is 1.89. The van der Waals surface area contributed by atoms with Crippen LogP contribution in [0.1, 0.15) is 37.4 Å². The molecule has 1 heterocycles. The highest BCUT2D eigenvalue weighted by Crippen LogP contribution is 2.33. The average molecular weight is 307 g/mol. The van der Waals surface area contributed by atoms with Crippen molar-refractivity contribution in [2.45, 2.75) is 31.6 Å². The first kappa shape index (κ1) is 11.7. The number of hydrogen-bond acceptors (Lipinski definition) is 3. The van der Waals surface area contributed by atoms with Gasteiger partial charge < -0.3 is 5.73 Å². The second-order valence-electron chi connectivity index (χ2n) is 4.76. The lowest BCUT2D eigenvalue weighted by Crippen LogP contribution is -1.94. The highest BCUT2D eigenvalue weighted by molar-refractivity contribution is 9.10. The van der Waals surface area contributed by atoms with Gasteiger partial charge in [0.2, 0.25) is 0 Å². The van der Waals surface area contributed by atoms with Gasteiger partial charge >= 0.3 is 0 Å². The maximum Gasteiger partial charge on any atom is 0.181 e. The molecule has 0 radical (unpaired) electrons. The minimum absolute atomic E-state index is 0.555. The van der Waals surface area contributed by atoms with Gasteiger partial charge in [-0.2, -0.15) is 5.10 Å². The van der Waals surface area contributed by atoms with Crippen molar-refractivity contribution in [3.05, 3.63) is 28.5 Å². The zero-order chi connectivity index (χ0) is 12.5. The zero-order valence-corrected chi connectivity index (χ0v) is 11.6. The van der Waals surface area contributed by atoms with Gasteiger partial charge in [0.05, 0.1) is 0 Å². The SMILES string of the molecule is Nc1cc(-c2n[nH]c(C3CCCC3)n2)ccc1Br. The van der Waals surface area contributed by atoms with Gasteiger partial charge in [-0.3, -0.25) is 5.10 Å². The van der Waals surface area contributed by atoms with E-state index in [0.717, 1.165) is 21.7 Å². The number of aromatic amines is 1. The van der Waals surface area contributed by atoms with Gasteiger partial charge in [0.25, 0.3) is 0 Å². The summed E-state index contributed by atoms with van der Waals surface area (Å²) in [6.07, 6.45) is 5.03. The molecule has 3 rings (SSSR count). The Kier molecular flexibility index (Phi) is 3.07. The van der Waals surface area contributed by atoms with Crippen LogP contribution >= 0.6 is 15.9 Å². The van der Waals surface area contributed by atoms with E-state index in [4.69, 9.17) is 5.73 Å². The lowest BCUT2D eigenvalue weighted by atomic mass is 10.1. The molecule has 0 spiro atoms. The van der Waals surface area contributed by atoms with Gasteiger partial charge in [0.15, 0.2) is 5.82 Å². The lowest BCUT2D eigenvalue weighted by molar-refractivity contribution is 0.672. The van der Waals surface area contributed by atoms with Crippen molar-refractivity contribution in [1.29, 1.82) is 0 Å². The Morgan fingerprint density at radius 1 is 1.28 bits per heavy atom. The summed E-state index contributed by atoms with van der Waals surface area (Å²) in [5.41, 5.74) is 7.54. The molecule has 0 unspecified atom stereocenters. The second-order valence-corrected chi connectivity index (χ2v) is 5.62. The monoisotopic (exact) mass is 306 g/mol. The molecule has 0 amide bonds. The number of nitrogen functional groups attached to an aromatic ring is 1. The molecule has 3 N–H and O–H groups in total. The molecule has 0 saturated heterocycles. The van der Waals surface area contributed by atoms with E-state index in [9.17, 15) is 0 Å². The van der Waals surface area contributed by atoms with Crippen molar-refractivity contribution in [3.8, 4) is 11.4 Å². The van der Waals surface area contributed by atoms with Crippen molar-refractivity contribution in [2.24, 2.45) is 0 Å². The predicted molar refractivity (Wildman–Crippen MR) is 75.1 cm³/mol. The van der Waals surface area contributed by atoms with E-state index in [1.165, 1.54) is 25.7 Å². The number of nitrogens with zero attached hydrogens (tertiary/aromatic N) is 2. The summed E-state index contributed by atoms with van der Waals surface area (Å²) < 4.78 is 0.901. The smallest absolute Gasteiger partial charge is 0.181 e. The van der Waals surface area contributed by atoms with Gasteiger partial charge in [-0.15, -0.1) is 0 Å². The Bertz CT molecular complexity index is 558. The van der Waals surface area contributed by atoms with Crippen LogP contribution in [0.4, 0.5) is 5.69 Å². The van der Waals surface area contributed by atoms with E-state index in [2.05, 4.69) is 31.1 Å².